The van der Waals surface area contributed by atoms with Gasteiger partial charge in [-0.25, -0.2) is 0 Å². The van der Waals surface area contributed by atoms with Crippen LogP contribution < -0.4 is 19.3 Å². The van der Waals surface area contributed by atoms with Crippen LogP contribution in [0.5, 0.6) is 17.2 Å². The van der Waals surface area contributed by atoms with Crippen LogP contribution in [0.1, 0.15) is 102 Å². The normalized spacial score (nSPS) is 12.3. The van der Waals surface area contributed by atoms with Crippen molar-refractivity contribution in [2.45, 2.75) is 91.1 Å². The molecular formula is C57H60N2O3. The third kappa shape index (κ3) is 10.5. The Morgan fingerprint density at radius 2 is 0.839 bits per heavy atom. The number of ketones is 1. The number of nitrogens with zero attached hydrogens (tertiary/aromatic N) is 2. The van der Waals surface area contributed by atoms with Gasteiger partial charge in [0.05, 0.1) is 0 Å². The molecule has 0 aliphatic heterocycles. The summed E-state index contributed by atoms with van der Waals surface area (Å²) < 4.78 is 12.6. The monoisotopic (exact) mass is 820 g/mol. The van der Waals surface area contributed by atoms with E-state index in [0.29, 0.717) is 22.6 Å². The van der Waals surface area contributed by atoms with Gasteiger partial charge in [-0.2, -0.15) is 0 Å². The van der Waals surface area contributed by atoms with Crippen molar-refractivity contribution < 1.29 is 14.3 Å². The van der Waals surface area contributed by atoms with Crippen LogP contribution in [-0.4, -0.2) is 11.4 Å². The van der Waals surface area contributed by atoms with Gasteiger partial charge in [-0.1, -0.05) is 102 Å². The minimum Gasteiger partial charge on any atom is -0.488 e. The van der Waals surface area contributed by atoms with Crippen LogP contribution >= 0.6 is 0 Å². The number of ether oxygens (including phenoxy) is 2. The molecule has 1 atom stereocenters. The molecule has 0 amide bonds. The molecular weight excluding hydrogens is 761 g/mol. The first-order chi connectivity index (χ1) is 30.1. The number of rotatable bonds is 19. The number of para-hydroxylation sites is 2. The van der Waals surface area contributed by atoms with E-state index < -0.39 is 0 Å². The molecule has 0 aliphatic carbocycles. The second-order valence-corrected chi connectivity index (χ2v) is 17.0. The molecule has 7 aromatic rings. The lowest BCUT2D eigenvalue weighted by Gasteiger charge is -2.29. The average Bonchev–Trinajstić information content (AvgIpc) is 3.31. The fraction of sp³-hybridized carbons (Fsp3) is 0.246. The molecule has 5 nitrogen and oxygen atoms in total. The highest BCUT2D eigenvalue weighted by Crippen LogP contribution is 2.40. The molecule has 0 N–H and O–H groups in total. The lowest BCUT2D eigenvalue weighted by atomic mass is 9.80. The van der Waals surface area contributed by atoms with Crippen LogP contribution in [0.15, 0.2) is 182 Å². The van der Waals surface area contributed by atoms with E-state index >= 15 is 0 Å². The summed E-state index contributed by atoms with van der Waals surface area (Å²) in [6.07, 6.45) is 6.55. The minimum absolute atomic E-state index is 0.0444. The predicted molar refractivity (Wildman–Crippen MR) is 259 cm³/mol. The summed E-state index contributed by atoms with van der Waals surface area (Å²) in [5, 5.41) is 0. The summed E-state index contributed by atoms with van der Waals surface area (Å²) in [5.41, 5.74) is 8.88. The lowest BCUT2D eigenvalue weighted by Crippen LogP contribution is -2.31. The quantitative estimate of drug-likeness (QED) is 0.0760. The number of hydrogen-bond acceptors (Lipinski definition) is 5. The summed E-state index contributed by atoms with van der Waals surface area (Å²) in [6.45, 7) is 13.4. The maximum Gasteiger partial charge on any atom is 0.193 e. The average molecular weight is 821 g/mol. The van der Waals surface area contributed by atoms with Crippen molar-refractivity contribution in [3.05, 3.63) is 199 Å². The first-order valence-corrected chi connectivity index (χ1v) is 22.2. The Kier molecular flexibility index (Phi) is 13.9. The van der Waals surface area contributed by atoms with Gasteiger partial charge in [0.25, 0.3) is 0 Å². The number of hydrogen-bond donors (Lipinski definition) is 0. The van der Waals surface area contributed by atoms with Gasteiger partial charge >= 0.3 is 0 Å². The maximum absolute atomic E-state index is 13.4. The van der Waals surface area contributed by atoms with Gasteiger partial charge in [0, 0.05) is 45.3 Å². The highest BCUT2D eigenvalue weighted by Gasteiger charge is 2.24. The maximum atomic E-state index is 13.4. The second-order valence-electron chi connectivity index (χ2n) is 17.0. The Morgan fingerprint density at radius 1 is 0.452 bits per heavy atom. The van der Waals surface area contributed by atoms with Crippen LogP contribution in [-0.2, 0) is 5.41 Å². The molecule has 7 aromatic carbocycles. The van der Waals surface area contributed by atoms with Gasteiger partial charge in [-0.05, 0) is 171 Å². The number of benzene rings is 7. The standard InChI is InChI=1S/C57H60N2O3/c1-7-10-42-56(4,5)45-25-27-48(28-26-45)58(46-17-13-11-14-18-46)49-29-31-50(32-30-49)59(47-19-15-12-16-20-47)51-33-39-53(40-34-51)61-52-35-21-43(22-36-52)55(60)44-23-37-54(38-24-44)62-57(6,9-3)41-8-2/h11-40H,7-10,41-42H2,1-6H3. The lowest BCUT2D eigenvalue weighted by molar-refractivity contribution is 0.0741. The Hall–Kier alpha value is -6.59. The topological polar surface area (TPSA) is 42.0 Å². The van der Waals surface area contributed by atoms with Crippen LogP contribution in [0.2, 0.25) is 0 Å². The zero-order valence-electron chi connectivity index (χ0n) is 37.2. The van der Waals surface area contributed by atoms with E-state index in [2.05, 4.69) is 167 Å². The fourth-order valence-electron chi connectivity index (χ4n) is 8.05. The molecule has 0 aliphatic rings. The zero-order valence-corrected chi connectivity index (χ0v) is 37.2. The van der Waals surface area contributed by atoms with Crippen molar-refractivity contribution in [2.75, 3.05) is 9.80 Å². The molecule has 0 heterocycles. The number of unbranched alkanes of at least 4 members (excludes halogenated alkanes) is 1. The molecule has 5 heteroatoms. The Bertz CT molecular complexity index is 2460. The van der Waals surface area contributed by atoms with Crippen molar-refractivity contribution in [2.24, 2.45) is 0 Å². The summed E-state index contributed by atoms with van der Waals surface area (Å²) in [6, 6.07) is 61.7. The summed E-state index contributed by atoms with van der Waals surface area (Å²) in [7, 11) is 0. The van der Waals surface area contributed by atoms with Crippen molar-refractivity contribution in [1.29, 1.82) is 0 Å². The van der Waals surface area contributed by atoms with E-state index in [4.69, 9.17) is 9.47 Å². The second kappa shape index (κ2) is 19.9. The summed E-state index contributed by atoms with van der Waals surface area (Å²) in [5.74, 6) is 2.09. The molecule has 0 saturated heterocycles. The van der Waals surface area contributed by atoms with Crippen LogP contribution in [0.3, 0.4) is 0 Å². The highest BCUT2D eigenvalue weighted by molar-refractivity contribution is 6.09. The van der Waals surface area contributed by atoms with Gasteiger partial charge in [0.1, 0.15) is 22.8 Å². The van der Waals surface area contributed by atoms with E-state index in [9.17, 15) is 4.79 Å². The molecule has 0 radical (unpaired) electrons. The van der Waals surface area contributed by atoms with Crippen molar-refractivity contribution in [3.8, 4) is 17.2 Å². The van der Waals surface area contributed by atoms with Crippen LogP contribution in [0.25, 0.3) is 0 Å². The van der Waals surface area contributed by atoms with Gasteiger partial charge in [-0.15, -0.1) is 0 Å². The number of anilines is 6. The Labute approximate surface area is 369 Å². The Morgan fingerprint density at radius 3 is 1.26 bits per heavy atom. The van der Waals surface area contributed by atoms with Crippen molar-refractivity contribution in [1.82, 2.24) is 0 Å². The molecule has 0 spiro atoms. The van der Waals surface area contributed by atoms with Gasteiger partial charge < -0.3 is 19.3 Å². The third-order valence-electron chi connectivity index (χ3n) is 11.9. The van der Waals surface area contributed by atoms with E-state index in [1.165, 1.54) is 24.8 Å². The largest absolute Gasteiger partial charge is 0.488 e. The van der Waals surface area contributed by atoms with Crippen LogP contribution in [0, 0.1) is 0 Å². The molecule has 62 heavy (non-hydrogen) atoms. The van der Waals surface area contributed by atoms with Crippen LogP contribution in [0.4, 0.5) is 34.1 Å². The van der Waals surface area contributed by atoms with Gasteiger partial charge in [0.15, 0.2) is 5.78 Å². The predicted octanol–water partition coefficient (Wildman–Crippen LogP) is 16.5. The SMILES string of the molecule is CCCCC(C)(C)c1ccc(N(c2ccccc2)c2ccc(N(c3ccccc3)c3ccc(Oc4ccc(C(=O)c5ccc(OC(C)(CC)CCC)cc5)cc4)cc3)cc2)cc1. The molecule has 0 saturated carbocycles. The van der Waals surface area contributed by atoms with E-state index in [1.54, 1.807) is 0 Å². The Balaban J connectivity index is 1.07. The van der Waals surface area contributed by atoms with E-state index in [1.807, 2.05) is 66.7 Å². The van der Waals surface area contributed by atoms with Gasteiger partial charge in [-0.3, -0.25) is 4.79 Å². The molecule has 1 unspecified atom stereocenters. The smallest absolute Gasteiger partial charge is 0.193 e. The van der Waals surface area contributed by atoms with Gasteiger partial charge in [0.2, 0.25) is 0 Å². The number of carbonyl (C=O) groups excluding carboxylic acids is 1. The highest BCUT2D eigenvalue weighted by atomic mass is 16.5. The fourth-order valence-corrected chi connectivity index (χ4v) is 8.05. The first-order valence-electron chi connectivity index (χ1n) is 22.2. The molecule has 0 fully saturated rings. The summed E-state index contributed by atoms with van der Waals surface area (Å²) in [4.78, 5) is 17.9. The number of carbonyl (C=O) groups is 1. The zero-order chi connectivity index (χ0) is 43.5. The van der Waals surface area contributed by atoms with E-state index in [-0.39, 0.29) is 16.8 Å². The molecule has 316 valence electrons. The molecule has 7 rings (SSSR count). The van der Waals surface area contributed by atoms with Crippen molar-refractivity contribution >= 4 is 39.9 Å². The molecule has 0 aromatic heterocycles. The van der Waals surface area contributed by atoms with E-state index in [0.717, 1.165) is 59.1 Å². The first kappa shape index (κ1) is 43.5. The summed E-state index contributed by atoms with van der Waals surface area (Å²) >= 11 is 0. The molecule has 0 bridgehead atoms. The van der Waals surface area contributed by atoms with Crippen molar-refractivity contribution in [3.63, 3.8) is 0 Å². The third-order valence-corrected chi connectivity index (χ3v) is 11.9. The minimum atomic E-state index is -0.213.